The van der Waals surface area contributed by atoms with Crippen molar-refractivity contribution in [3.05, 3.63) is 50.7 Å². The Morgan fingerprint density at radius 3 is 2.67 bits per heavy atom. The van der Waals surface area contributed by atoms with Crippen molar-refractivity contribution in [2.24, 2.45) is 0 Å². The summed E-state index contributed by atoms with van der Waals surface area (Å²) in [5, 5.41) is 10.8. The number of amides is 1. The highest BCUT2D eigenvalue weighted by Gasteiger charge is 2.23. The summed E-state index contributed by atoms with van der Waals surface area (Å²) in [6.45, 7) is 4.64. The number of carbonyl (C=O) groups is 2. The second-order valence-electron chi connectivity index (χ2n) is 5.97. The number of rotatable bonds is 4. The number of nitrogens with zero attached hydrogens (tertiary/aromatic N) is 1. The van der Waals surface area contributed by atoms with Crippen LogP contribution in [0.5, 0.6) is 5.75 Å². The van der Waals surface area contributed by atoms with E-state index in [4.69, 9.17) is 9.84 Å². The van der Waals surface area contributed by atoms with Crippen LogP contribution in [0.2, 0.25) is 0 Å². The second-order valence-corrected chi connectivity index (χ2v) is 6.97. The topological polar surface area (TPSA) is 66.8 Å². The van der Waals surface area contributed by atoms with E-state index in [1.807, 2.05) is 18.7 Å². The summed E-state index contributed by atoms with van der Waals surface area (Å²) in [4.78, 5) is 26.6. The minimum atomic E-state index is -1.02. The Morgan fingerprint density at radius 1 is 1.29 bits per heavy atom. The third-order valence-corrected chi connectivity index (χ3v) is 5.11. The molecule has 5 nitrogen and oxygen atoms in total. The van der Waals surface area contributed by atoms with Gasteiger partial charge in [0.15, 0.2) is 6.61 Å². The lowest BCUT2D eigenvalue weighted by Gasteiger charge is -2.27. The first kappa shape index (κ1) is 16.5. The van der Waals surface area contributed by atoms with E-state index in [9.17, 15) is 9.59 Å². The van der Waals surface area contributed by atoms with Gasteiger partial charge in [0.25, 0.3) is 5.91 Å². The lowest BCUT2D eigenvalue weighted by Crippen LogP contribution is -2.35. The molecule has 6 heteroatoms. The lowest BCUT2D eigenvalue weighted by atomic mass is 10.0. The number of aryl methyl sites for hydroxylation is 2. The highest BCUT2D eigenvalue weighted by atomic mass is 32.1. The number of fused-ring (bicyclic) bond motifs is 1. The van der Waals surface area contributed by atoms with Crippen molar-refractivity contribution in [3.63, 3.8) is 0 Å². The van der Waals surface area contributed by atoms with Crippen LogP contribution in [0.3, 0.4) is 0 Å². The highest BCUT2D eigenvalue weighted by molar-refractivity contribution is 7.10. The van der Waals surface area contributed by atoms with Gasteiger partial charge in [0.05, 0.1) is 6.54 Å². The van der Waals surface area contributed by atoms with E-state index in [1.54, 1.807) is 23.5 Å². The first-order valence-corrected chi connectivity index (χ1v) is 8.64. The second kappa shape index (κ2) is 6.65. The predicted molar refractivity (Wildman–Crippen MR) is 91.8 cm³/mol. The molecule has 1 aliphatic heterocycles. The molecule has 126 valence electrons. The van der Waals surface area contributed by atoms with Gasteiger partial charge in [-0.3, -0.25) is 4.79 Å². The van der Waals surface area contributed by atoms with Gasteiger partial charge in [-0.05, 0) is 60.5 Å². The third-order valence-electron chi connectivity index (χ3n) is 4.16. The maximum absolute atomic E-state index is 12.8. The Bertz CT molecular complexity index is 773. The summed E-state index contributed by atoms with van der Waals surface area (Å²) in [5.74, 6) is -0.479. The quantitative estimate of drug-likeness (QED) is 0.925. The maximum Gasteiger partial charge on any atom is 0.341 e. The van der Waals surface area contributed by atoms with E-state index >= 15 is 0 Å². The van der Waals surface area contributed by atoms with E-state index in [2.05, 4.69) is 11.4 Å². The molecule has 0 aliphatic carbocycles. The Labute approximate surface area is 144 Å². The Kier molecular flexibility index (Phi) is 4.57. The molecule has 0 bridgehead atoms. The molecule has 1 aliphatic rings. The molecule has 3 rings (SSSR count). The summed E-state index contributed by atoms with van der Waals surface area (Å²) >= 11 is 1.69. The molecule has 2 heterocycles. The molecule has 0 unspecified atom stereocenters. The molecule has 0 fully saturated rings. The van der Waals surface area contributed by atoms with Crippen molar-refractivity contribution in [1.82, 2.24) is 4.90 Å². The maximum atomic E-state index is 12.8. The van der Waals surface area contributed by atoms with Crippen molar-refractivity contribution in [3.8, 4) is 5.75 Å². The number of carbonyl (C=O) groups excluding carboxylic acids is 1. The fourth-order valence-electron chi connectivity index (χ4n) is 3.03. The van der Waals surface area contributed by atoms with Gasteiger partial charge >= 0.3 is 5.97 Å². The van der Waals surface area contributed by atoms with E-state index in [0.717, 1.165) is 24.1 Å². The fourth-order valence-corrected chi connectivity index (χ4v) is 3.98. The van der Waals surface area contributed by atoms with Gasteiger partial charge in [0, 0.05) is 17.0 Å². The molecule has 0 atom stereocenters. The first-order valence-electron chi connectivity index (χ1n) is 7.76. The molecule has 0 radical (unpaired) electrons. The van der Waals surface area contributed by atoms with Gasteiger partial charge in [-0.25, -0.2) is 4.79 Å². The Hall–Kier alpha value is -2.34. The zero-order chi connectivity index (χ0) is 17.3. The summed E-state index contributed by atoms with van der Waals surface area (Å²) in [6.07, 6.45) is 0.891. The lowest BCUT2D eigenvalue weighted by molar-refractivity contribution is -0.139. The van der Waals surface area contributed by atoms with Crippen LogP contribution in [-0.2, 0) is 17.8 Å². The monoisotopic (exact) mass is 345 g/mol. The van der Waals surface area contributed by atoms with Crippen LogP contribution < -0.4 is 4.74 Å². The highest BCUT2D eigenvalue weighted by Crippen LogP contribution is 2.28. The summed E-state index contributed by atoms with van der Waals surface area (Å²) < 4.78 is 5.32. The van der Waals surface area contributed by atoms with Crippen LogP contribution in [-0.4, -0.2) is 35.0 Å². The van der Waals surface area contributed by atoms with Crippen LogP contribution >= 0.6 is 11.3 Å². The molecular weight excluding hydrogens is 326 g/mol. The molecule has 1 aromatic heterocycles. The van der Waals surface area contributed by atoms with Gasteiger partial charge in [0.1, 0.15) is 5.75 Å². The Balaban J connectivity index is 1.80. The van der Waals surface area contributed by atoms with Gasteiger partial charge in [-0.2, -0.15) is 0 Å². The van der Waals surface area contributed by atoms with Gasteiger partial charge < -0.3 is 14.7 Å². The first-order chi connectivity index (χ1) is 11.5. The molecule has 0 spiro atoms. The number of benzene rings is 1. The molecule has 1 aromatic carbocycles. The van der Waals surface area contributed by atoms with Crippen LogP contribution in [0.4, 0.5) is 0 Å². The molecule has 1 N–H and O–H groups in total. The zero-order valence-electron chi connectivity index (χ0n) is 13.7. The van der Waals surface area contributed by atoms with Gasteiger partial charge in [-0.15, -0.1) is 11.3 Å². The number of carboxylic acids is 1. The average Bonchev–Trinajstić information content (AvgIpc) is 3.00. The van der Waals surface area contributed by atoms with E-state index in [1.165, 1.54) is 10.4 Å². The van der Waals surface area contributed by atoms with Crippen LogP contribution in [0, 0.1) is 13.8 Å². The predicted octanol–water partition coefficient (Wildman–Crippen LogP) is 3.03. The van der Waals surface area contributed by atoms with Crippen LogP contribution in [0.1, 0.15) is 31.9 Å². The minimum absolute atomic E-state index is 0.00466. The van der Waals surface area contributed by atoms with Crippen LogP contribution in [0.25, 0.3) is 0 Å². The number of hydrogen-bond acceptors (Lipinski definition) is 4. The number of thiophene rings is 1. The number of ether oxygens (including phenoxy) is 1. The smallest absolute Gasteiger partial charge is 0.341 e. The van der Waals surface area contributed by atoms with E-state index in [-0.39, 0.29) is 12.5 Å². The van der Waals surface area contributed by atoms with Crippen molar-refractivity contribution in [2.75, 3.05) is 13.2 Å². The van der Waals surface area contributed by atoms with Gasteiger partial charge in [-0.1, -0.05) is 0 Å². The number of aliphatic carboxylic acids is 1. The molecule has 24 heavy (non-hydrogen) atoms. The largest absolute Gasteiger partial charge is 0.481 e. The van der Waals surface area contributed by atoms with Crippen molar-refractivity contribution in [1.29, 1.82) is 0 Å². The average molecular weight is 345 g/mol. The summed E-state index contributed by atoms with van der Waals surface area (Å²) in [7, 11) is 0. The number of hydrogen-bond donors (Lipinski definition) is 1. The fraction of sp³-hybridized carbons (Fsp3) is 0.333. The minimum Gasteiger partial charge on any atom is -0.481 e. The van der Waals surface area contributed by atoms with Gasteiger partial charge in [0.2, 0.25) is 0 Å². The summed E-state index contributed by atoms with van der Waals surface area (Å²) in [6, 6.07) is 5.68. The Morgan fingerprint density at radius 2 is 2.00 bits per heavy atom. The standard InChI is InChI=1S/C18H19NO4S/c1-11-7-14(8-12(2)17(11)23-10-16(20)21)18(22)19-5-3-13-4-6-24-15(13)9-19/h4,6-8H,3,5,9-10H2,1-2H3,(H,20,21). The molecule has 0 saturated heterocycles. The third kappa shape index (κ3) is 3.28. The van der Waals surface area contributed by atoms with E-state index < -0.39 is 5.97 Å². The molecular formula is C18H19NO4S. The van der Waals surface area contributed by atoms with E-state index in [0.29, 0.717) is 17.9 Å². The van der Waals surface area contributed by atoms with Crippen molar-refractivity contribution >= 4 is 23.2 Å². The molecule has 2 aromatic rings. The zero-order valence-corrected chi connectivity index (χ0v) is 14.5. The molecule has 0 saturated carbocycles. The van der Waals surface area contributed by atoms with Crippen molar-refractivity contribution < 1.29 is 19.4 Å². The molecule has 1 amide bonds. The SMILES string of the molecule is Cc1cc(C(=O)N2CCc3ccsc3C2)cc(C)c1OCC(=O)O. The summed E-state index contributed by atoms with van der Waals surface area (Å²) in [5.41, 5.74) is 3.50. The van der Waals surface area contributed by atoms with Crippen molar-refractivity contribution in [2.45, 2.75) is 26.8 Å². The van der Waals surface area contributed by atoms with Crippen LogP contribution in [0.15, 0.2) is 23.6 Å². The normalized spacial score (nSPS) is 13.5. The number of carboxylic acid groups (broad SMARTS) is 1.